The van der Waals surface area contributed by atoms with Crippen LogP contribution in [-0.2, 0) is 35.2 Å². The number of amides is 3. The Labute approximate surface area is 232 Å². The van der Waals surface area contributed by atoms with Gasteiger partial charge in [-0.1, -0.05) is 36.8 Å². The van der Waals surface area contributed by atoms with Gasteiger partial charge in [-0.25, -0.2) is 9.59 Å². The maximum atomic E-state index is 12.8. The van der Waals surface area contributed by atoms with Gasteiger partial charge in [0, 0.05) is 32.9 Å². The molecule has 224 valence electrons. The Hall–Kier alpha value is -3.30. The molecule has 1 aromatic rings. The fourth-order valence-corrected chi connectivity index (χ4v) is 4.32. The van der Waals surface area contributed by atoms with Crippen LogP contribution in [0.2, 0.25) is 0 Å². The van der Waals surface area contributed by atoms with Crippen molar-refractivity contribution < 1.29 is 48.7 Å². The van der Waals surface area contributed by atoms with Crippen molar-refractivity contribution >= 4 is 23.9 Å². The van der Waals surface area contributed by atoms with Gasteiger partial charge < -0.3 is 51.2 Å². The minimum atomic E-state index is -2.19. The summed E-state index contributed by atoms with van der Waals surface area (Å²) < 4.78 is 15.7. The smallest absolute Gasteiger partial charge is 0.407 e. The number of ether oxygens (including phenoxy) is 3. The number of nitrogens with one attached hydrogen (secondary N) is 3. The van der Waals surface area contributed by atoms with E-state index in [1.54, 1.807) is 0 Å². The van der Waals surface area contributed by atoms with Gasteiger partial charge in [0.1, 0.15) is 18.8 Å². The fraction of sp³-hybridized carbons (Fsp3) is 0.615. The van der Waals surface area contributed by atoms with Gasteiger partial charge in [0.05, 0.1) is 25.4 Å². The van der Waals surface area contributed by atoms with E-state index in [9.17, 15) is 34.5 Å². The third-order valence-electron chi connectivity index (χ3n) is 6.36. The molecular formula is C26H40N4O10. The van der Waals surface area contributed by atoms with Crippen LogP contribution in [-0.4, -0.2) is 95.6 Å². The lowest BCUT2D eigenvalue weighted by atomic mass is 9.87. The molecule has 1 fully saturated rings. The zero-order valence-electron chi connectivity index (χ0n) is 22.7. The topological polar surface area (TPSA) is 219 Å². The molecule has 1 aliphatic rings. The van der Waals surface area contributed by atoms with Crippen LogP contribution in [0.25, 0.3) is 0 Å². The van der Waals surface area contributed by atoms with Crippen LogP contribution in [0.5, 0.6) is 0 Å². The van der Waals surface area contributed by atoms with Crippen molar-refractivity contribution in [3.63, 3.8) is 0 Å². The molecule has 0 spiro atoms. The third-order valence-corrected chi connectivity index (χ3v) is 6.36. The Morgan fingerprint density at radius 1 is 1.15 bits per heavy atom. The molecule has 0 saturated carbocycles. The second kappa shape index (κ2) is 16.1. The predicted molar refractivity (Wildman–Crippen MR) is 140 cm³/mol. The number of esters is 1. The zero-order valence-corrected chi connectivity index (χ0v) is 22.7. The largest absolute Gasteiger partial charge is 0.465 e. The molecule has 6 atom stereocenters. The minimum absolute atomic E-state index is 0.0234. The summed E-state index contributed by atoms with van der Waals surface area (Å²) in [6.45, 7) is 1.30. The first kappa shape index (κ1) is 32.9. The number of alkyl carbamates (subject to hydrolysis) is 1. The maximum absolute atomic E-state index is 12.8. The van der Waals surface area contributed by atoms with Crippen molar-refractivity contribution in [2.24, 2.45) is 5.73 Å². The lowest BCUT2D eigenvalue weighted by Gasteiger charge is -2.47. The molecule has 0 bridgehead atoms. The molecule has 1 aliphatic heterocycles. The molecule has 2 rings (SSSR count). The Morgan fingerprint density at radius 2 is 1.85 bits per heavy atom. The average molecular weight is 569 g/mol. The Kier molecular flexibility index (Phi) is 13.2. The Balaban J connectivity index is 1.90. The molecule has 1 aromatic carbocycles. The average Bonchev–Trinajstić information content (AvgIpc) is 2.94. The molecule has 0 aliphatic carbocycles. The molecule has 8 N–H and O–H groups in total. The lowest BCUT2D eigenvalue weighted by molar-refractivity contribution is -0.237. The van der Waals surface area contributed by atoms with Gasteiger partial charge in [-0.2, -0.15) is 0 Å². The Bertz CT molecular complexity index is 981. The monoisotopic (exact) mass is 568 g/mol. The van der Waals surface area contributed by atoms with Crippen LogP contribution < -0.4 is 21.7 Å². The summed E-state index contributed by atoms with van der Waals surface area (Å²) in [4.78, 5) is 49.0. The maximum Gasteiger partial charge on any atom is 0.407 e. The van der Waals surface area contributed by atoms with E-state index in [2.05, 4.69) is 16.0 Å². The summed E-state index contributed by atoms with van der Waals surface area (Å²) in [6.07, 6.45) is -5.75. The number of aliphatic hydroxyl groups is 3. The number of rotatable bonds is 14. The highest BCUT2D eigenvalue weighted by Gasteiger charge is 2.55. The van der Waals surface area contributed by atoms with Crippen LogP contribution in [0, 0.1) is 0 Å². The van der Waals surface area contributed by atoms with E-state index in [0.29, 0.717) is 25.8 Å². The van der Waals surface area contributed by atoms with Crippen molar-refractivity contribution in [2.75, 3.05) is 20.2 Å². The van der Waals surface area contributed by atoms with E-state index in [1.165, 1.54) is 6.92 Å². The zero-order chi connectivity index (χ0) is 29.7. The Morgan fingerprint density at radius 3 is 2.48 bits per heavy atom. The summed E-state index contributed by atoms with van der Waals surface area (Å²) in [6, 6.07) is 8.03. The standard InChI is InChI=1S/C26H40N4O10/c1-16(31)29-21-18(32)13-26(24(36)38-2,40-23(21)22(35)19(33)14-27)30-20(34)11-7-4-8-12-28-25(37)39-15-17-9-5-3-6-10-17/h3,5-6,9-10,18-19,21-23,32-33,35H,4,7-8,11-15,27H2,1-2H3,(H,28,37)(H,29,31)(H,30,34). The molecule has 3 amide bonds. The number of nitrogens with two attached hydrogens (primary N) is 1. The van der Waals surface area contributed by atoms with Gasteiger partial charge in [-0.15, -0.1) is 0 Å². The molecular weight excluding hydrogens is 528 g/mol. The van der Waals surface area contributed by atoms with E-state index in [0.717, 1.165) is 12.7 Å². The summed E-state index contributed by atoms with van der Waals surface area (Å²) in [5.41, 5.74) is 4.11. The SMILES string of the molecule is COC(=O)C1(NC(=O)CCCCCNC(=O)OCc2ccccc2)CC(O)C(NC(C)=O)C(C(O)C(O)CN)O1. The van der Waals surface area contributed by atoms with Gasteiger partial charge in [0.2, 0.25) is 17.5 Å². The fourth-order valence-electron chi connectivity index (χ4n) is 4.32. The van der Waals surface area contributed by atoms with Crippen LogP contribution in [0.4, 0.5) is 4.79 Å². The molecule has 14 nitrogen and oxygen atoms in total. The summed E-state index contributed by atoms with van der Waals surface area (Å²) in [5, 5.41) is 39.0. The highest BCUT2D eigenvalue weighted by Crippen LogP contribution is 2.31. The van der Waals surface area contributed by atoms with Gasteiger partial charge in [-0.3, -0.25) is 9.59 Å². The van der Waals surface area contributed by atoms with Crippen molar-refractivity contribution in [1.29, 1.82) is 0 Å². The molecule has 1 heterocycles. The van der Waals surface area contributed by atoms with Gasteiger partial charge in [-0.05, 0) is 18.4 Å². The number of carbonyl (C=O) groups is 4. The summed E-state index contributed by atoms with van der Waals surface area (Å²) in [7, 11) is 1.06. The minimum Gasteiger partial charge on any atom is -0.465 e. The normalized spacial score (nSPS) is 23.8. The van der Waals surface area contributed by atoms with Gasteiger partial charge >= 0.3 is 12.1 Å². The number of carbonyl (C=O) groups excluding carboxylic acids is 4. The highest BCUT2D eigenvalue weighted by molar-refractivity contribution is 5.87. The van der Waals surface area contributed by atoms with Crippen LogP contribution in [0.3, 0.4) is 0 Å². The quantitative estimate of drug-likeness (QED) is 0.104. The molecule has 0 radical (unpaired) electrons. The number of hydrogen-bond acceptors (Lipinski definition) is 11. The first-order chi connectivity index (χ1) is 19.0. The second-order valence-electron chi connectivity index (χ2n) is 9.54. The van der Waals surface area contributed by atoms with Crippen molar-refractivity contribution in [3.8, 4) is 0 Å². The predicted octanol–water partition coefficient (Wildman–Crippen LogP) is -1.21. The first-order valence-corrected chi connectivity index (χ1v) is 13.1. The highest BCUT2D eigenvalue weighted by atomic mass is 16.6. The summed E-state index contributed by atoms with van der Waals surface area (Å²) in [5.74, 6) is -2.20. The van der Waals surface area contributed by atoms with Crippen LogP contribution in [0.1, 0.15) is 44.6 Å². The molecule has 6 unspecified atom stereocenters. The third kappa shape index (κ3) is 9.71. The van der Waals surface area contributed by atoms with Gasteiger partial charge in [0.25, 0.3) is 0 Å². The van der Waals surface area contributed by atoms with E-state index in [-0.39, 0.29) is 19.6 Å². The lowest BCUT2D eigenvalue weighted by Crippen LogP contribution is -2.71. The molecule has 40 heavy (non-hydrogen) atoms. The van der Waals surface area contributed by atoms with Crippen LogP contribution in [0.15, 0.2) is 30.3 Å². The molecule has 14 heteroatoms. The number of benzene rings is 1. The molecule has 1 saturated heterocycles. The number of aliphatic hydroxyl groups excluding tert-OH is 3. The van der Waals surface area contributed by atoms with E-state index >= 15 is 0 Å². The van der Waals surface area contributed by atoms with E-state index in [4.69, 9.17) is 19.9 Å². The number of hydrogen-bond donors (Lipinski definition) is 7. The van der Waals surface area contributed by atoms with E-state index < -0.39 is 66.5 Å². The summed E-state index contributed by atoms with van der Waals surface area (Å²) >= 11 is 0. The van der Waals surface area contributed by atoms with Crippen molar-refractivity contribution in [1.82, 2.24) is 16.0 Å². The van der Waals surface area contributed by atoms with E-state index in [1.807, 2.05) is 30.3 Å². The van der Waals surface area contributed by atoms with Crippen molar-refractivity contribution in [2.45, 2.75) is 81.8 Å². The second-order valence-corrected chi connectivity index (χ2v) is 9.54. The van der Waals surface area contributed by atoms with Crippen LogP contribution >= 0.6 is 0 Å². The van der Waals surface area contributed by atoms with Gasteiger partial charge in [0.15, 0.2) is 0 Å². The first-order valence-electron chi connectivity index (χ1n) is 13.1. The number of methoxy groups -OCH3 is 1. The number of unbranched alkanes of at least 4 members (excludes halogenated alkanes) is 2. The molecule has 0 aromatic heterocycles. The van der Waals surface area contributed by atoms with Crippen molar-refractivity contribution in [3.05, 3.63) is 35.9 Å².